The Kier molecular flexibility index (Phi) is 8.13. The normalized spacial score (nSPS) is 10.8. The van der Waals surface area contributed by atoms with Crippen molar-refractivity contribution in [3.8, 4) is 0 Å². The first-order valence-corrected chi connectivity index (χ1v) is 5.77. The van der Waals surface area contributed by atoms with Crippen LogP contribution in [0.3, 0.4) is 0 Å². The van der Waals surface area contributed by atoms with Crippen LogP contribution in [0.25, 0.3) is 0 Å². The Morgan fingerprint density at radius 1 is 0.800 bits per heavy atom. The van der Waals surface area contributed by atoms with Gasteiger partial charge in [0.05, 0.1) is 0 Å². The fraction of sp³-hybridized carbons (Fsp3) is 1.00. The van der Waals surface area contributed by atoms with Crippen LogP contribution in [0.2, 0.25) is 0 Å². The molecule has 0 amide bonds. The Morgan fingerprint density at radius 2 is 1.10 bits per heavy atom. The number of nitrogens with two attached hydrogens (primary N) is 3. The van der Waals surface area contributed by atoms with Gasteiger partial charge in [-0.15, -0.1) is 0 Å². The topological polar surface area (TPSA) is 106 Å². The van der Waals surface area contributed by atoms with Crippen LogP contribution in [0.15, 0.2) is 0 Å². The third-order valence-corrected chi connectivity index (χ3v) is 3.62. The van der Waals surface area contributed by atoms with Crippen molar-refractivity contribution < 1.29 is 9.05 Å². The Morgan fingerprint density at radius 3 is 1.30 bits per heavy atom. The second kappa shape index (κ2) is 7.68. The summed E-state index contributed by atoms with van der Waals surface area (Å²) < 4.78 is 14.6. The molecule has 0 aliphatic carbocycles. The van der Waals surface area contributed by atoms with Gasteiger partial charge in [-0.25, -0.2) is 0 Å². The molecule has 0 bridgehead atoms. The van der Waals surface area contributed by atoms with Gasteiger partial charge in [-0.3, -0.25) is 0 Å². The van der Waals surface area contributed by atoms with E-state index in [-0.39, 0.29) is 20.2 Å². The maximum absolute atomic E-state index is 5.07. The molecule has 0 saturated heterocycles. The third-order valence-electron chi connectivity index (χ3n) is 0.540. The van der Waals surface area contributed by atoms with E-state index in [0.29, 0.717) is 0 Å². The van der Waals surface area contributed by atoms with Gasteiger partial charge < -0.3 is 0 Å². The Balaban J connectivity index is 3.30. The van der Waals surface area contributed by atoms with E-state index in [1.165, 1.54) is 0 Å². The molecule has 0 aromatic carbocycles. The fourth-order valence-corrected chi connectivity index (χ4v) is 1.97. The van der Waals surface area contributed by atoms with Gasteiger partial charge >= 0.3 is 67.9 Å². The maximum atomic E-state index is 5.07. The summed E-state index contributed by atoms with van der Waals surface area (Å²) in [7, 11) is 0. The van der Waals surface area contributed by atoms with Gasteiger partial charge in [-0.05, 0) is 0 Å². The molecule has 0 heterocycles. The van der Waals surface area contributed by atoms with Crippen molar-refractivity contribution >= 4 is 21.5 Å². The molecule has 0 aromatic heterocycles. The van der Waals surface area contributed by atoms with E-state index in [4.69, 9.17) is 26.2 Å². The van der Waals surface area contributed by atoms with Crippen LogP contribution in [0, 0.1) is 0 Å². The Hall–Kier alpha value is 0.578. The molecular weight excluding hydrogens is 248 g/mol. The number of hydrogen-bond donors (Lipinski definition) is 3. The van der Waals surface area contributed by atoms with Gasteiger partial charge in [0, 0.05) is 0 Å². The molecule has 0 fully saturated rings. The number of hydrogen-bond acceptors (Lipinski definition) is 6. The summed E-state index contributed by atoms with van der Waals surface area (Å²) in [5, 5.41) is 0. The molecule has 6 N–H and O–H groups in total. The molecule has 0 aromatic rings. The fourth-order valence-electron chi connectivity index (χ4n) is 0.294. The molecule has 0 unspecified atom stereocenters. The van der Waals surface area contributed by atoms with Gasteiger partial charge in [0.1, 0.15) is 0 Å². The minimum absolute atomic E-state index is 0.0861. The molecular formula is C3H12N3O3Sb. The van der Waals surface area contributed by atoms with E-state index in [9.17, 15) is 0 Å². The van der Waals surface area contributed by atoms with E-state index in [1.807, 2.05) is 0 Å². The summed E-state index contributed by atoms with van der Waals surface area (Å²) in [6, 6.07) is 0. The van der Waals surface area contributed by atoms with E-state index in [0.717, 1.165) is 0 Å². The molecule has 62 valence electrons. The van der Waals surface area contributed by atoms with E-state index >= 15 is 0 Å². The zero-order valence-corrected chi connectivity index (χ0v) is 8.08. The van der Waals surface area contributed by atoms with E-state index < -0.39 is 21.5 Å². The zero-order valence-electron chi connectivity index (χ0n) is 5.53. The molecule has 0 aliphatic heterocycles. The van der Waals surface area contributed by atoms with Gasteiger partial charge in [0.2, 0.25) is 0 Å². The van der Waals surface area contributed by atoms with Crippen LogP contribution in [0.5, 0.6) is 0 Å². The Bertz CT molecular complexity index is 61.7. The van der Waals surface area contributed by atoms with Crippen molar-refractivity contribution in [2.24, 2.45) is 17.2 Å². The Labute approximate surface area is 68.2 Å². The summed E-state index contributed by atoms with van der Waals surface area (Å²) in [6.45, 7) is 0.258. The molecule has 7 heteroatoms. The van der Waals surface area contributed by atoms with Crippen LogP contribution in [0.1, 0.15) is 0 Å². The van der Waals surface area contributed by atoms with Gasteiger partial charge in [0.15, 0.2) is 0 Å². The quantitative estimate of drug-likeness (QED) is 0.368. The number of rotatable bonds is 6. The van der Waals surface area contributed by atoms with Crippen molar-refractivity contribution in [2.45, 2.75) is 0 Å². The van der Waals surface area contributed by atoms with Crippen LogP contribution in [-0.4, -0.2) is 41.7 Å². The molecule has 0 spiro atoms. The molecule has 6 nitrogen and oxygen atoms in total. The van der Waals surface area contributed by atoms with Gasteiger partial charge in [-0.1, -0.05) is 0 Å². The van der Waals surface area contributed by atoms with Crippen molar-refractivity contribution in [2.75, 3.05) is 20.2 Å². The van der Waals surface area contributed by atoms with Crippen LogP contribution in [-0.2, 0) is 9.05 Å². The predicted octanol–water partition coefficient (Wildman–Crippen LogP) is -2.23. The summed E-state index contributed by atoms with van der Waals surface area (Å²) >= 11 is -2.51. The molecule has 0 rings (SSSR count). The molecule has 0 aliphatic rings. The minimum atomic E-state index is -2.51. The summed E-state index contributed by atoms with van der Waals surface area (Å²) in [5.41, 5.74) is 15.2. The zero-order chi connectivity index (χ0) is 7.82. The van der Waals surface area contributed by atoms with Gasteiger partial charge in [-0.2, -0.15) is 0 Å². The second-order valence-corrected chi connectivity index (χ2v) is 4.60. The van der Waals surface area contributed by atoms with Crippen molar-refractivity contribution in [1.29, 1.82) is 0 Å². The van der Waals surface area contributed by atoms with Crippen molar-refractivity contribution in [3.63, 3.8) is 0 Å². The monoisotopic (exact) mass is 259 g/mol. The van der Waals surface area contributed by atoms with E-state index in [2.05, 4.69) is 0 Å². The van der Waals surface area contributed by atoms with Crippen molar-refractivity contribution in [3.05, 3.63) is 0 Å². The average Bonchev–Trinajstić information content (AvgIpc) is 1.90. The van der Waals surface area contributed by atoms with Crippen LogP contribution in [0.4, 0.5) is 0 Å². The summed E-state index contributed by atoms with van der Waals surface area (Å²) in [5.74, 6) is 0. The van der Waals surface area contributed by atoms with Gasteiger partial charge in [0.25, 0.3) is 0 Å². The summed E-state index contributed by atoms with van der Waals surface area (Å²) in [6.07, 6.45) is 0. The molecule has 10 heavy (non-hydrogen) atoms. The third kappa shape index (κ3) is 5.37. The molecule has 0 atom stereocenters. The standard InChI is InChI=1S/3CH4NO.Sb/c3*2-1-3;/h3*1-2H2;/q3*-1;+3. The summed E-state index contributed by atoms with van der Waals surface area (Å²) in [4.78, 5) is 0. The van der Waals surface area contributed by atoms with E-state index in [1.54, 1.807) is 0 Å². The van der Waals surface area contributed by atoms with Crippen LogP contribution >= 0.6 is 0 Å². The van der Waals surface area contributed by atoms with Crippen molar-refractivity contribution in [1.82, 2.24) is 0 Å². The molecule has 0 saturated carbocycles. The van der Waals surface area contributed by atoms with Crippen LogP contribution < -0.4 is 17.2 Å². The second-order valence-electron chi connectivity index (χ2n) is 1.11. The first kappa shape index (κ1) is 10.6. The first-order valence-electron chi connectivity index (χ1n) is 2.64. The first-order chi connectivity index (χ1) is 4.85. The molecule has 0 radical (unpaired) electrons. The average molecular weight is 260 g/mol. The SMILES string of the molecule is NC[O][Sb]([O]CN)[O]CN. The predicted molar refractivity (Wildman–Crippen MR) is 36.2 cm³/mol.